The van der Waals surface area contributed by atoms with Crippen molar-refractivity contribution in [2.75, 3.05) is 46.1 Å². The molecule has 0 aliphatic heterocycles. The van der Waals surface area contributed by atoms with E-state index in [1.165, 1.54) is 0 Å². The van der Waals surface area contributed by atoms with Crippen molar-refractivity contribution in [2.45, 2.75) is 53.1 Å². The lowest BCUT2D eigenvalue weighted by Gasteiger charge is -2.22. The van der Waals surface area contributed by atoms with Crippen molar-refractivity contribution in [3.05, 3.63) is 0 Å². The molecule has 126 valence electrons. The number of hydrogen-bond donors (Lipinski definition) is 0. The Kier molecular flexibility index (Phi) is 13.9. The minimum absolute atomic E-state index is 0.116. The second kappa shape index (κ2) is 14.3. The molecule has 0 saturated carbocycles. The van der Waals surface area contributed by atoms with Gasteiger partial charge in [0.25, 0.3) is 0 Å². The van der Waals surface area contributed by atoms with Gasteiger partial charge in [0.05, 0.1) is 32.3 Å². The van der Waals surface area contributed by atoms with Crippen LogP contribution in [0.3, 0.4) is 0 Å². The van der Waals surface area contributed by atoms with Crippen LogP contribution >= 0.6 is 0 Å². The van der Waals surface area contributed by atoms with Crippen LogP contribution in [0.5, 0.6) is 0 Å². The zero-order chi connectivity index (χ0) is 15.9. The summed E-state index contributed by atoms with van der Waals surface area (Å²) in [6.45, 7) is 13.0. The van der Waals surface area contributed by atoms with Crippen molar-refractivity contribution < 1.29 is 19.0 Å². The first kappa shape index (κ1) is 20.3. The van der Waals surface area contributed by atoms with E-state index in [9.17, 15) is 4.79 Å². The van der Waals surface area contributed by atoms with E-state index in [4.69, 9.17) is 14.2 Å². The van der Waals surface area contributed by atoms with E-state index in [0.29, 0.717) is 32.8 Å². The topological polar surface area (TPSA) is 48.0 Å². The first-order valence-electron chi connectivity index (χ1n) is 8.17. The molecule has 0 radical (unpaired) electrons. The first-order chi connectivity index (χ1) is 10.1. The smallest absolute Gasteiger partial charge is 0.307 e. The van der Waals surface area contributed by atoms with Gasteiger partial charge in [-0.2, -0.15) is 0 Å². The van der Waals surface area contributed by atoms with E-state index in [-0.39, 0.29) is 12.1 Å². The van der Waals surface area contributed by atoms with Crippen LogP contribution < -0.4 is 0 Å². The number of ether oxygens (including phenoxy) is 3. The highest BCUT2D eigenvalue weighted by Gasteiger charge is 2.09. The Morgan fingerprint density at radius 2 is 1.76 bits per heavy atom. The molecule has 0 N–H and O–H groups in total. The summed E-state index contributed by atoms with van der Waals surface area (Å²) in [4.78, 5) is 13.8. The van der Waals surface area contributed by atoms with Gasteiger partial charge in [0, 0.05) is 26.2 Å². The molecule has 0 fully saturated rings. The van der Waals surface area contributed by atoms with Gasteiger partial charge < -0.3 is 14.2 Å². The molecule has 0 rings (SSSR count). The molecule has 0 aromatic carbocycles. The number of hydrogen-bond acceptors (Lipinski definition) is 5. The summed E-state index contributed by atoms with van der Waals surface area (Å²) in [5.74, 6) is -0.116. The number of carbonyl (C=O) groups excluding carboxylic acids is 1. The third-order valence-corrected chi connectivity index (χ3v) is 3.01. The maximum Gasteiger partial charge on any atom is 0.307 e. The SMILES string of the molecule is CCCCOC(=O)CCN(CCOCC)CCOC(C)C. The molecule has 21 heavy (non-hydrogen) atoms. The van der Waals surface area contributed by atoms with E-state index in [0.717, 1.165) is 32.5 Å². The molecule has 0 aliphatic carbocycles. The minimum Gasteiger partial charge on any atom is -0.466 e. The molecular formula is C16H33NO4. The summed E-state index contributed by atoms with van der Waals surface area (Å²) in [7, 11) is 0. The number of carbonyl (C=O) groups is 1. The lowest BCUT2D eigenvalue weighted by atomic mass is 10.3. The molecule has 0 aromatic heterocycles. The average Bonchev–Trinajstić information content (AvgIpc) is 2.44. The van der Waals surface area contributed by atoms with Crippen LogP contribution in [0.2, 0.25) is 0 Å². The van der Waals surface area contributed by atoms with Gasteiger partial charge >= 0.3 is 5.97 Å². The number of rotatable bonds is 14. The Hall–Kier alpha value is -0.650. The highest BCUT2D eigenvalue weighted by molar-refractivity contribution is 5.69. The van der Waals surface area contributed by atoms with Crippen LogP contribution in [0.15, 0.2) is 0 Å². The third kappa shape index (κ3) is 14.1. The maximum atomic E-state index is 11.6. The summed E-state index contributed by atoms with van der Waals surface area (Å²) in [5, 5.41) is 0. The van der Waals surface area contributed by atoms with Crippen LogP contribution in [0.25, 0.3) is 0 Å². The molecule has 0 amide bonds. The molecule has 0 atom stereocenters. The normalized spacial score (nSPS) is 11.3. The summed E-state index contributed by atoms with van der Waals surface area (Å²) in [6.07, 6.45) is 2.64. The number of esters is 1. The summed E-state index contributed by atoms with van der Waals surface area (Å²) >= 11 is 0. The fraction of sp³-hybridized carbons (Fsp3) is 0.938. The molecule has 5 heteroatoms. The van der Waals surface area contributed by atoms with Crippen molar-refractivity contribution in [1.29, 1.82) is 0 Å². The van der Waals surface area contributed by atoms with Crippen molar-refractivity contribution in [2.24, 2.45) is 0 Å². The fourth-order valence-corrected chi connectivity index (χ4v) is 1.74. The molecule has 0 heterocycles. The van der Waals surface area contributed by atoms with Crippen LogP contribution in [-0.2, 0) is 19.0 Å². The standard InChI is InChI=1S/C16H33NO4/c1-5-7-12-21-16(18)8-9-17(10-13-19-6-2)11-14-20-15(3)4/h15H,5-14H2,1-4H3. The molecule has 0 saturated heterocycles. The molecule has 5 nitrogen and oxygen atoms in total. The summed E-state index contributed by atoms with van der Waals surface area (Å²) < 4.78 is 16.1. The van der Waals surface area contributed by atoms with Crippen LogP contribution in [-0.4, -0.2) is 63.0 Å². The molecule has 0 unspecified atom stereocenters. The average molecular weight is 303 g/mol. The van der Waals surface area contributed by atoms with E-state index in [2.05, 4.69) is 11.8 Å². The maximum absolute atomic E-state index is 11.6. The number of unbranched alkanes of at least 4 members (excludes halogenated alkanes) is 1. The third-order valence-electron chi connectivity index (χ3n) is 3.01. The Balaban J connectivity index is 3.92. The lowest BCUT2D eigenvalue weighted by molar-refractivity contribution is -0.144. The van der Waals surface area contributed by atoms with Crippen molar-refractivity contribution >= 4 is 5.97 Å². The highest BCUT2D eigenvalue weighted by atomic mass is 16.5. The summed E-state index contributed by atoms with van der Waals surface area (Å²) in [5.41, 5.74) is 0. The molecule has 0 aliphatic rings. The van der Waals surface area contributed by atoms with Gasteiger partial charge in [0.2, 0.25) is 0 Å². The minimum atomic E-state index is -0.116. The molecule has 0 spiro atoms. The lowest BCUT2D eigenvalue weighted by Crippen LogP contribution is -2.33. The van der Waals surface area contributed by atoms with Gasteiger partial charge in [-0.1, -0.05) is 13.3 Å². The van der Waals surface area contributed by atoms with Crippen molar-refractivity contribution in [1.82, 2.24) is 4.90 Å². The van der Waals surface area contributed by atoms with Crippen molar-refractivity contribution in [3.63, 3.8) is 0 Å². The quantitative estimate of drug-likeness (QED) is 0.364. The Morgan fingerprint density at radius 1 is 1.05 bits per heavy atom. The zero-order valence-corrected chi connectivity index (χ0v) is 14.2. The summed E-state index contributed by atoms with van der Waals surface area (Å²) in [6, 6.07) is 0. The monoisotopic (exact) mass is 303 g/mol. The van der Waals surface area contributed by atoms with Crippen LogP contribution in [0.1, 0.15) is 47.0 Å². The van der Waals surface area contributed by atoms with Gasteiger partial charge in [-0.05, 0) is 27.2 Å². The van der Waals surface area contributed by atoms with Crippen LogP contribution in [0.4, 0.5) is 0 Å². The van der Waals surface area contributed by atoms with E-state index in [1.807, 2.05) is 20.8 Å². The van der Waals surface area contributed by atoms with E-state index >= 15 is 0 Å². The van der Waals surface area contributed by atoms with Crippen molar-refractivity contribution in [3.8, 4) is 0 Å². The van der Waals surface area contributed by atoms with Gasteiger partial charge in [-0.25, -0.2) is 0 Å². The first-order valence-corrected chi connectivity index (χ1v) is 8.17. The number of nitrogens with zero attached hydrogens (tertiary/aromatic N) is 1. The molecule has 0 aromatic rings. The van der Waals surface area contributed by atoms with E-state index in [1.54, 1.807) is 0 Å². The Labute approximate surface area is 129 Å². The van der Waals surface area contributed by atoms with Gasteiger partial charge in [0.15, 0.2) is 0 Å². The van der Waals surface area contributed by atoms with Gasteiger partial charge in [-0.15, -0.1) is 0 Å². The molecule has 0 bridgehead atoms. The predicted molar refractivity (Wildman–Crippen MR) is 84.5 cm³/mol. The second-order valence-electron chi connectivity index (χ2n) is 5.28. The predicted octanol–water partition coefficient (Wildman–Crippen LogP) is 2.48. The largest absolute Gasteiger partial charge is 0.466 e. The van der Waals surface area contributed by atoms with Gasteiger partial charge in [0.1, 0.15) is 0 Å². The fourth-order valence-electron chi connectivity index (χ4n) is 1.74. The highest BCUT2D eigenvalue weighted by Crippen LogP contribution is 1.98. The van der Waals surface area contributed by atoms with Crippen LogP contribution in [0, 0.1) is 0 Å². The Bertz CT molecular complexity index is 246. The Morgan fingerprint density at radius 3 is 2.38 bits per heavy atom. The van der Waals surface area contributed by atoms with Gasteiger partial charge in [-0.3, -0.25) is 9.69 Å². The van der Waals surface area contributed by atoms with E-state index < -0.39 is 0 Å². The second-order valence-corrected chi connectivity index (χ2v) is 5.28. The molecular weight excluding hydrogens is 270 g/mol. The zero-order valence-electron chi connectivity index (χ0n) is 14.2.